The van der Waals surface area contributed by atoms with Gasteiger partial charge in [0.1, 0.15) is 6.04 Å². The number of allylic oxidation sites excluding steroid dienone is 1. The summed E-state index contributed by atoms with van der Waals surface area (Å²) in [5.41, 5.74) is 0.986. The molecule has 1 aromatic carbocycles. The SMILES string of the molecule is CC(NSCC/C=C/NC1CCC(=O)NC1=O)c1ccc(F)c(OCC2CC2)c1. The van der Waals surface area contributed by atoms with Crippen molar-refractivity contribution in [3.05, 3.63) is 41.9 Å². The van der Waals surface area contributed by atoms with E-state index in [1.165, 1.54) is 18.9 Å². The zero-order valence-electron chi connectivity index (χ0n) is 16.6. The predicted octanol–water partition coefficient (Wildman–Crippen LogP) is 3.21. The zero-order chi connectivity index (χ0) is 20.6. The Bertz CT molecular complexity index is 755. The van der Waals surface area contributed by atoms with Gasteiger partial charge in [-0.3, -0.25) is 19.6 Å². The highest BCUT2D eigenvalue weighted by molar-refractivity contribution is 7.97. The van der Waals surface area contributed by atoms with Gasteiger partial charge in [0.2, 0.25) is 11.8 Å². The fourth-order valence-electron chi connectivity index (χ4n) is 2.89. The molecule has 3 rings (SSSR count). The van der Waals surface area contributed by atoms with Crippen molar-refractivity contribution in [1.29, 1.82) is 0 Å². The van der Waals surface area contributed by atoms with E-state index >= 15 is 0 Å². The first kappa shape index (κ1) is 21.6. The molecular formula is C21H28FN3O3S. The van der Waals surface area contributed by atoms with E-state index in [4.69, 9.17) is 4.74 Å². The largest absolute Gasteiger partial charge is 0.490 e. The summed E-state index contributed by atoms with van der Waals surface area (Å²) < 4.78 is 22.9. The number of amides is 2. The van der Waals surface area contributed by atoms with E-state index in [-0.39, 0.29) is 29.7 Å². The standard InChI is InChI=1S/C21H28FN3O3S/c1-14(16-6-7-17(22)19(12-16)28-13-15-4-5-15)25-29-11-3-2-10-23-18-8-9-20(26)24-21(18)27/h2,6-7,10,12,14-15,18,23,25H,3-5,8-9,11,13H2,1H3,(H,24,26,27)/b10-2+. The summed E-state index contributed by atoms with van der Waals surface area (Å²) in [6.45, 7) is 2.63. The average molecular weight is 422 g/mol. The molecular weight excluding hydrogens is 393 g/mol. The molecule has 2 atom stereocenters. The molecule has 1 heterocycles. The van der Waals surface area contributed by atoms with Gasteiger partial charge in [-0.25, -0.2) is 4.39 Å². The number of ether oxygens (including phenoxy) is 1. The Hall–Kier alpha value is -2.06. The molecule has 2 amide bonds. The van der Waals surface area contributed by atoms with E-state index < -0.39 is 0 Å². The molecule has 0 radical (unpaired) electrons. The second-order valence-corrected chi connectivity index (χ2v) is 8.43. The number of benzene rings is 1. The number of rotatable bonds is 11. The minimum Gasteiger partial charge on any atom is -0.490 e. The molecule has 3 N–H and O–H groups in total. The maximum Gasteiger partial charge on any atom is 0.249 e. The minimum absolute atomic E-state index is 0.0643. The van der Waals surface area contributed by atoms with Crippen LogP contribution < -0.4 is 20.1 Å². The molecule has 1 saturated carbocycles. The Labute approximate surface area is 175 Å². The van der Waals surface area contributed by atoms with Crippen molar-refractivity contribution < 1.29 is 18.7 Å². The molecule has 1 aliphatic carbocycles. The molecule has 0 spiro atoms. The first-order chi connectivity index (χ1) is 14.0. The predicted molar refractivity (Wildman–Crippen MR) is 112 cm³/mol. The topological polar surface area (TPSA) is 79.5 Å². The van der Waals surface area contributed by atoms with Crippen LogP contribution in [0.2, 0.25) is 0 Å². The van der Waals surface area contributed by atoms with Crippen LogP contribution in [0.15, 0.2) is 30.5 Å². The molecule has 0 aromatic heterocycles. The molecule has 1 saturated heterocycles. The molecule has 29 heavy (non-hydrogen) atoms. The van der Waals surface area contributed by atoms with E-state index in [9.17, 15) is 14.0 Å². The van der Waals surface area contributed by atoms with Crippen molar-refractivity contribution in [3.63, 3.8) is 0 Å². The normalized spacial score (nSPS) is 20.6. The Balaban J connectivity index is 1.33. The fraction of sp³-hybridized carbons (Fsp3) is 0.524. The minimum atomic E-state index is -0.343. The number of piperidine rings is 1. The van der Waals surface area contributed by atoms with Crippen LogP contribution in [-0.2, 0) is 9.59 Å². The number of carbonyl (C=O) groups is 2. The first-order valence-corrected chi connectivity index (χ1v) is 11.1. The van der Waals surface area contributed by atoms with E-state index in [2.05, 4.69) is 15.4 Å². The van der Waals surface area contributed by atoms with Gasteiger partial charge >= 0.3 is 0 Å². The summed E-state index contributed by atoms with van der Waals surface area (Å²) in [4.78, 5) is 22.7. The number of imide groups is 1. The monoisotopic (exact) mass is 421 g/mol. The van der Waals surface area contributed by atoms with Gasteiger partial charge in [0.15, 0.2) is 11.6 Å². The molecule has 2 aliphatic rings. The maximum atomic E-state index is 13.9. The molecule has 158 valence electrons. The van der Waals surface area contributed by atoms with Crippen LogP contribution in [0.25, 0.3) is 0 Å². The van der Waals surface area contributed by atoms with Crippen LogP contribution in [0, 0.1) is 11.7 Å². The lowest BCUT2D eigenvalue weighted by molar-refractivity contribution is -0.134. The molecule has 1 aliphatic heterocycles. The number of carbonyl (C=O) groups excluding carboxylic acids is 2. The summed E-state index contributed by atoms with van der Waals surface area (Å²) in [6, 6.07) is 4.74. The first-order valence-electron chi connectivity index (χ1n) is 10.1. The van der Waals surface area contributed by atoms with Crippen LogP contribution in [0.4, 0.5) is 4.39 Å². The van der Waals surface area contributed by atoms with Gasteiger partial charge in [-0.1, -0.05) is 24.1 Å². The van der Waals surface area contributed by atoms with Crippen LogP contribution >= 0.6 is 11.9 Å². The number of nitrogens with one attached hydrogen (secondary N) is 3. The Morgan fingerprint density at radius 3 is 2.93 bits per heavy atom. The third-order valence-electron chi connectivity index (χ3n) is 4.93. The summed E-state index contributed by atoms with van der Waals surface area (Å²) in [6.07, 6.45) is 7.79. The van der Waals surface area contributed by atoms with Crippen LogP contribution in [0.1, 0.15) is 50.6 Å². The van der Waals surface area contributed by atoms with Gasteiger partial charge in [0.25, 0.3) is 0 Å². The molecule has 8 heteroatoms. The highest BCUT2D eigenvalue weighted by Crippen LogP contribution is 2.31. The quantitative estimate of drug-likeness (QED) is 0.289. The van der Waals surface area contributed by atoms with Crippen LogP contribution in [0.5, 0.6) is 5.75 Å². The summed E-state index contributed by atoms with van der Waals surface area (Å²) in [7, 11) is 0. The van der Waals surface area contributed by atoms with Crippen LogP contribution in [0.3, 0.4) is 0 Å². The molecule has 1 aromatic rings. The lowest BCUT2D eigenvalue weighted by atomic mass is 10.1. The maximum absolute atomic E-state index is 13.9. The Morgan fingerprint density at radius 2 is 2.17 bits per heavy atom. The number of halogens is 1. The zero-order valence-corrected chi connectivity index (χ0v) is 17.4. The van der Waals surface area contributed by atoms with Gasteiger partial charge in [-0.15, -0.1) is 0 Å². The molecule has 6 nitrogen and oxygen atoms in total. The van der Waals surface area contributed by atoms with Crippen molar-refractivity contribution in [2.75, 3.05) is 12.4 Å². The van der Waals surface area contributed by atoms with Crippen LogP contribution in [-0.4, -0.2) is 30.2 Å². The van der Waals surface area contributed by atoms with Gasteiger partial charge in [-0.05, 0) is 62.4 Å². The van der Waals surface area contributed by atoms with Gasteiger partial charge in [0.05, 0.1) is 6.61 Å². The molecule has 2 unspecified atom stereocenters. The third kappa shape index (κ3) is 7.04. The third-order valence-corrected chi connectivity index (χ3v) is 5.89. The van der Waals surface area contributed by atoms with E-state index in [1.807, 2.05) is 13.0 Å². The number of hydrogen-bond acceptors (Lipinski definition) is 6. The summed E-state index contributed by atoms with van der Waals surface area (Å²) in [5.74, 6) is 0.969. The van der Waals surface area contributed by atoms with E-state index in [1.54, 1.807) is 30.3 Å². The second-order valence-electron chi connectivity index (χ2n) is 7.49. The van der Waals surface area contributed by atoms with E-state index in [0.717, 1.165) is 17.7 Å². The highest BCUT2D eigenvalue weighted by Gasteiger charge is 2.25. The van der Waals surface area contributed by atoms with Gasteiger partial charge in [0, 0.05) is 18.2 Å². The summed E-state index contributed by atoms with van der Waals surface area (Å²) in [5, 5.41) is 5.35. The lowest BCUT2D eigenvalue weighted by Gasteiger charge is -2.20. The van der Waals surface area contributed by atoms with Crippen molar-refractivity contribution in [2.24, 2.45) is 5.92 Å². The smallest absolute Gasteiger partial charge is 0.249 e. The second kappa shape index (κ2) is 10.6. The summed E-state index contributed by atoms with van der Waals surface area (Å²) >= 11 is 1.59. The fourth-order valence-corrected chi connectivity index (χ4v) is 3.65. The van der Waals surface area contributed by atoms with Gasteiger partial charge < -0.3 is 10.1 Å². The van der Waals surface area contributed by atoms with Crippen molar-refractivity contribution in [1.82, 2.24) is 15.4 Å². The van der Waals surface area contributed by atoms with Crippen molar-refractivity contribution in [2.45, 2.75) is 51.1 Å². The highest BCUT2D eigenvalue weighted by atomic mass is 32.2. The Kier molecular flexibility index (Phi) is 7.94. The average Bonchev–Trinajstić information content (AvgIpc) is 3.52. The van der Waals surface area contributed by atoms with E-state index in [0.29, 0.717) is 31.1 Å². The van der Waals surface area contributed by atoms with Crippen molar-refractivity contribution in [3.8, 4) is 5.75 Å². The molecule has 0 bridgehead atoms. The number of hydrogen-bond donors (Lipinski definition) is 3. The van der Waals surface area contributed by atoms with Gasteiger partial charge in [-0.2, -0.15) is 0 Å². The lowest BCUT2D eigenvalue weighted by Crippen LogP contribution is -2.49. The molecule has 2 fully saturated rings. The Morgan fingerprint density at radius 1 is 1.34 bits per heavy atom. The van der Waals surface area contributed by atoms with Crippen molar-refractivity contribution >= 4 is 23.8 Å².